The summed E-state index contributed by atoms with van der Waals surface area (Å²) in [6.07, 6.45) is 5.10. The van der Waals surface area contributed by atoms with Gasteiger partial charge in [0.05, 0.1) is 6.54 Å². The first-order chi connectivity index (χ1) is 9.03. The minimum absolute atomic E-state index is 0.211. The molecule has 0 atom stereocenters. The van der Waals surface area contributed by atoms with Crippen molar-refractivity contribution in [2.24, 2.45) is 18.7 Å². The molecule has 0 saturated carbocycles. The molecule has 1 aromatic heterocycles. The van der Waals surface area contributed by atoms with E-state index in [-0.39, 0.29) is 6.54 Å². The summed E-state index contributed by atoms with van der Waals surface area (Å²) in [5.41, 5.74) is 5.60. The maximum Gasteiger partial charge on any atom is 0.279 e. The topological polar surface area (TPSA) is 93.2 Å². The second-order valence-corrected chi connectivity index (χ2v) is 6.61. The fourth-order valence-electron chi connectivity index (χ4n) is 2.20. The summed E-state index contributed by atoms with van der Waals surface area (Å²) >= 11 is 0. The van der Waals surface area contributed by atoms with E-state index < -0.39 is 10.2 Å². The molecule has 19 heavy (non-hydrogen) atoms. The third-order valence-corrected chi connectivity index (χ3v) is 5.13. The summed E-state index contributed by atoms with van der Waals surface area (Å²) in [6.45, 7) is 1.92. The van der Waals surface area contributed by atoms with Crippen LogP contribution in [0, 0.1) is 5.92 Å². The van der Waals surface area contributed by atoms with Crippen LogP contribution in [0.2, 0.25) is 0 Å². The van der Waals surface area contributed by atoms with E-state index in [1.165, 1.54) is 4.31 Å². The molecule has 0 bridgehead atoms. The van der Waals surface area contributed by atoms with Gasteiger partial charge in [-0.1, -0.05) is 0 Å². The van der Waals surface area contributed by atoms with Crippen molar-refractivity contribution in [1.29, 1.82) is 0 Å². The van der Waals surface area contributed by atoms with Crippen LogP contribution in [-0.4, -0.2) is 41.9 Å². The zero-order valence-corrected chi connectivity index (χ0v) is 11.9. The predicted molar refractivity (Wildman–Crippen MR) is 72.3 cm³/mol. The van der Waals surface area contributed by atoms with Gasteiger partial charge >= 0.3 is 0 Å². The Labute approximate surface area is 114 Å². The maximum atomic E-state index is 12.1. The van der Waals surface area contributed by atoms with Gasteiger partial charge in [0.15, 0.2) is 0 Å². The number of rotatable bonds is 5. The van der Waals surface area contributed by atoms with Crippen LogP contribution in [0.3, 0.4) is 0 Å². The molecule has 1 aromatic rings. The lowest BCUT2D eigenvalue weighted by molar-refractivity contribution is 0.275. The van der Waals surface area contributed by atoms with Crippen LogP contribution in [0.5, 0.6) is 0 Å². The van der Waals surface area contributed by atoms with E-state index in [0.29, 0.717) is 31.4 Å². The Kier molecular flexibility index (Phi) is 4.56. The zero-order chi connectivity index (χ0) is 13.9. The highest BCUT2D eigenvalue weighted by atomic mass is 32.2. The van der Waals surface area contributed by atoms with Gasteiger partial charge in [0.1, 0.15) is 5.82 Å². The van der Waals surface area contributed by atoms with Gasteiger partial charge in [0, 0.05) is 32.5 Å². The SMILES string of the molecule is Cn1ccnc1CNS(=O)(=O)N1CCC(CN)CC1. The monoisotopic (exact) mass is 287 g/mol. The molecule has 2 rings (SSSR count). The first-order valence-corrected chi connectivity index (χ1v) is 7.88. The lowest BCUT2D eigenvalue weighted by Gasteiger charge is -2.30. The van der Waals surface area contributed by atoms with Crippen LogP contribution < -0.4 is 10.5 Å². The van der Waals surface area contributed by atoms with Crippen molar-refractivity contribution in [2.75, 3.05) is 19.6 Å². The largest absolute Gasteiger partial charge is 0.337 e. The van der Waals surface area contributed by atoms with Crippen molar-refractivity contribution in [1.82, 2.24) is 18.6 Å². The molecule has 108 valence electrons. The molecule has 3 N–H and O–H groups in total. The number of nitrogens with one attached hydrogen (secondary N) is 1. The van der Waals surface area contributed by atoms with E-state index in [1.807, 2.05) is 7.05 Å². The normalized spacial score (nSPS) is 18.8. The van der Waals surface area contributed by atoms with Crippen molar-refractivity contribution in [3.8, 4) is 0 Å². The van der Waals surface area contributed by atoms with Crippen LogP contribution >= 0.6 is 0 Å². The van der Waals surface area contributed by atoms with Crippen LogP contribution in [0.1, 0.15) is 18.7 Å². The molecule has 8 heteroatoms. The third-order valence-electron chi connectivity index (χ3n) is 3.58. The van der Waals surface area contributed by atoms with Gasteiger partial charge in [-0.05, 0) is 25.3 Å². The standard InChI is InChI=1S/C11H21N5O2S/c1-15-7-4-13-11(15)9-14-19(17,18)16-5-2-10(8-12)3-6-16/h4,7,10,14H,2-3,5-6,8-9,12H2,1H3. The van der Waals surface area contributed by atoms with Gasteiger partial charge in [-0.3, -0.25) is 0 Å². The van der Waals surface area contributed by atoms with Crippen LogP contribution in [0.25, 0.3) is 0 Å². The van der Waals surface area contributed by atoms with Crippen LogP contribution in [-0.2, 0) is 23.8 Å². The number of hydrogen-bond donors (Lipinski definition) is 2. The van der Waals surface area contributed by atoms with Gasteiger partial charge in [0.25, 0.3) is 10.2 Å². The number of piperidine rings is 1. The molecule has 1 aliphatic rings. The Morgan fingerprint density at radius 1 is 1.47 bits per heavy atom. The summed E-state index contributed by atoms with van der Waals surface area (Å²) in [5.74, 6) is 1.14. The van der Waals surface area contributed by atoms with Gasteiger partial charge in [0.2, 0.25) is 0 Å². The maximum absolute atomic E-state index is 12.1. The number of nitrogens with two attached hydrogens (primary N) is 1. The third kappa shape index (κ3) is 3.53. The molecule has 0 spiro atoms. The van der Waals surface area contributed by atoms with Crippen LogP contribution in [0.4, 0.5) is 0 Å². The number of nitrogens with zero attached hydrogens (tertiary/aromatic N) is 3. The van der Waals surface area contributed by atoms with Crippen molar-refractivity contribution < 1.29 is 8.42 Å². The van der Waals surface area contributed by atoms with Gasteiger partial charge in [-0.15, -0.1) is 0 Å². The Bertz CT molecular complexity index is 505. The lowest BCUT2D eigenvalue weighted by Crippen LogP contribution is -2.45. The first kappa shape index (κ1) is 14.4. The quantitative estimate of drug-likeness (QED) is 0.758. The molecule has 0 aliphatic carbocycles. The summed E-state index contributed by atoms with van der Waals surface area (Å²) in [6, 6.07) is 0. The predicted octanol–water partition coefficient (Wildman–Crippen LogP) is -0.575. The van der Waals surface area contributed by atoms with E-state index in [4.69, 9.17) is 5.73 Å². The first-order valence-electron chi connectivity index (χ1n) is 6.44. The van der Waals surface area contributed by atoms with Gasteiger partial charge in [-0.25, -0.2) is 4.98 Å². The highest BCUT2D eigenvalue weighted by Crippen LogP contribution is 2.17. The zero-order valence-electron chi connectivity index (χ0n) is 11.1. The Hall–Kier alpha value is -0.960. The second-order valence-electron chi connectivity index (χ2n) is 4.86. The van der Waals surface area contributed by atoms with E-state index in [9.17, 15) is 8.42 Å². The average molecular weight is 287 g/mol. The lowest BCUT2D eigenvalue weighted by atomic mass is 9.99. The molecule has 0 aromatic carbocycles. The fourth-order valence-corrected chi connectivity index (χ4v) is 3.38. The molecular weight excluding hydrogens is 266 g/mol. The van der Waals surface area contributed by atoms with Crippen molar-refractivity contribution in [2.45, 2.75) is 19.4 Å². The van der Waals surface area contributed by atoms with Crippen molar-refractivity contribution >= 4 is 10.2 Å². The van der Waals surface area contributed by atoms with E-state index >= 15 is 0 Å². The molecular formula is C11H21N5O2S. The Morgan fingerprint density at radius 2 is 2.16 bits per heavy atom. The molecule has 7 nitrogen and oxygen atoms in total. The van der Waals surface area contributed by atoms with Crippen molar-refractivity contribution in [3.63, 3.8) is 0 Å². The molecule has 2 heterocycles. The van der Waals surface area contributed by atoms with Crippen LogP contribution in [0.15, 0.2) is 12.4 Å². The van der Waals surface area contributed by atoms with E-state index in [0.717, 1.165) is 12.8 Å². The number of hydrogen-bond acceptors (Lipinski definition) is 4. The molecule has 0 amide bonds. The summed E-state index contributed by atoms with van der Waals surface area (Å²) in [5, 5.41) is 0. The molecule has 0 unspecified atom stereocenters. The summed E-state index contributed by atoms with van der Waals surface area (Å²) in [7, 11) is -1.58. The summed E-state index contributed by atoms with van der Waals surface area (Å²) in [4.78, 5) is 4.09. The van der Waals surface area contributed by atoms with E-state index in [2.05, 4.69) is 9.71 Å². The fraction of sp³-hybridized carbons (Fsp3) is 0.727. The Balaban J connectivity index is 1.90. The second kappa shape index (κ2) is 6.00. The minimum Gasteiger partial charge on any atom is -0.337 e. The number of aryl methyl sites for hydroxylation is 1. The van der Waals surface area contributed by atoms with Gasteiger partial charge < -0.3 is 10.3 Å². The average Bonchev–Trinajstić information content (AvgIpc) is 2.82. The van der Waals surface area contributed by atoms with E-state index in [1.54, 1.807) is 17.0 Å². The minimum atomic E-state index is -3.42. The van der Waals surface area contributed by atoms with Gasteiger partial charge in [-0.2, -0.15) is 17.4 Å². The smallest absolute Gasteiger partial charge is 0.279 e. The highest BCUT2D eigenvalue weighted by molar-refractivity contribution is 7.87. The number of aromatic nitrogens is 2. The molecule has 1 saturated heterocycles. The highest BCUT2D eigenvalue weighted by Gasteiger charge is 2.27. The Morgan fingerprint density at radius 3 is 2.68 bits per heavy atom. The van der Waals surface area contributed by atoms with Crippen molar-refractivity contribution in [3.05, 3.63) is 18.2 Å². The summed E-state index contributed by atoms with van der Waals surface area (Å²) < 4.78 is 30.1. The molecule has 1 fully saturated rings. The molecule has 0 radical (unpaired) electrons. The molecule has 1 aliphatic heterocycles. The number of imidazole rings is 1.